The minimum atomic E-state index is 0.821. The maximum Gasteiger partial charge on any atom is 0.0466 e. The molecule has 4 rings (SSSR count). The third-order valence-electron chi connectivity index (χ3n) is 8.12. The lowest BCUT2D eigenvalue weighted by molar-refractivity contribution is 0.127. The molecule has 1 nitrogen and oxygen atoms in total. The second-order valence-corrected chi connectivity index (χ2v) is 10.7. The Morgan fingerprint density at radius 2 is 0.879 bits per heavy atom. The molecule has 2 aromatic carbocycles. The molecule has 180 valence electrons. The molecular weight excluding hydrogens is 400 g/mol. The molecular formula is C32H46O. The Kier molecular flexibility index (Phi) is 10.4. The summed E-state index contributed by atoms with van der Waals surface area (Å²) in [4.78, 5) is 0. The smallest absolute Gasteiger partial charge is 0.0466 e. The molecule has 0 unspecified atom stereocenters. The van der Waals surface area contributed by atoms with Crippen molar-refractivity contribution in [3.63, 3.8) is 0 Å². The quantitative estimate of drug-likeness (QED) is 0.295. The van der Waals surface area contributed by atoms with E-state index in [1.165, 1.54) is 114 Å². The SMILES string of the molecule is c1cc(C2CCCCC2)ccc1CCCCOCCCCc1ccc(C2CCCCC2)cc1. The highest BCUT2D eigenvalue weighted by molar-refractivity contribution is 5.26. The Balaban J connectivity index is 1.01. The van der Waals surface area contributed by atoms with Crippen LogP contribution >= 0.6 is 0 Å². The summed E-state index contributed by atoms with van der Waals surface area (Å²) in [6, 6.07) is 19.0. The average Bonchev–Trinajstić information content (AvgIpc) is 2.89. The predicted octanol–water partition coefficient (Wildman–Crippen LogP) is 9.14. The minimum Gasteiger partial charge on any atom is -0.381 e. The number of hydrogen-bond donors (Lipinski definition) is 0. The lowest BCUT2D eigenvalue weighted by Gasteiger charge is -2.22. The minimum absolute atomic E-state index is 0.821. The summed E-state index contributed by atoms with van der Waals surface area (Å²) in [5.74, 6) is 1.64. The number of aryl methyl sites for hydroxylation is 2. The van der Waals surface area contributed by atoms with Gasteiger partial charge in [-0.05, 0) is 98.3 Å². The molecule has 1 heteroatoms. The van der Waals surface area contributed by atoms with Crippen LogP contribution in [0, 0.1) is 0 Å². The van der Waals surface area contributed by atoms with Crippen molar-refractivity contribution in [3.8, 4) is 0 Å². The van der Waals surface area contributed by atoms with Crippen molar-refractivity contribution in [1.29, 1.82) is 0 Å². The molecule has 0 heterocycles. The Hall–Kier alpha value is -1.60. The van der Waals surface area contributed by atoms with Crippen molar-refractivity contribution in [2.75, 3.05) is 13.2 Å². The molecule has 2 aliphatic rings. The maximum absolute atomic E-state index is 5.91. The second kappa shape index (κ2) is 14.0. The average molecular weight is 447 g/mol. The van der Waals surface area contributed by atoms with Gasteiger partial charge >= 0.3 is 0 Å². The number of hydrogen-bond acceptors (Lipinski definition) is 1. The number of ether oxygens (including phenoxy) is 1. The molecule has 33 heavy (non-hydrogen) atoms. The van der Waals surface area contributed by atoms with Crippen LogP contribution in [0.15, 0.2) is 48.5 Å². The molecule has 2 saturated carbocycles. The summed E-state index contributed by atoms with van der Waals surface area (Å²) >= 11 is 0. The van der Waals surface area contributed by atoms with Gasteiger partial charge in [-0.1, -0.05) is 87.1 Å². The van der Waals surface area contributed by atoms with Crippen LogP contribution in [-0.4, -0.2) is 13.2 Å². The first-order valence-corrected chi connectivity index (χ1v) is 14.1. The van der Waals surface area contributed by atoms with Crippen molar-refractivity contribution in [1.82, 2.24) is 0 Å². The highest BCUT2D eigenvalue weighted by Gasteiger charge is 2.16. The Morgan fingerprint density at radius 1 is 0.485 bits per heavy atom. The standard InChI is InChI=1S/C32H46O/c1-3-13-29(14-4-1)31-21-17-27(18-22-31)11-7-9-25-33-26-10-8-12-28-19-23-32(24-20-28)30-15-5-2-6-16-30/h17-24,29-30H,1-16,25-26H2. The first kappa shape index (κ1) is 24.5. The van der Waals surface area contributed by atoms with E-state index in [1.807, 2.05) is 0 Å². The van der Waals surface area contributed by atoms with E-state index in [2.05, 4.69) is 48.5 Å². The van der Waals surface area contributed by atoms with Crippen molar-refractivity contribution < 1.29 is 4.74 Å². The first-order chi connectivity index (χ1) is 16.4. The van der Waals surface area contributed by atoms with Gasteiger partial charge in [0.05, 0.1) is 0 Å². The number of rotatable bonds is 12. The predicted molar refractivity (Wildman–Crippen MR) is 141 cm³/mol. The second-order valence-electron chi connectivity index (χ2n) is 10.7. The lowest BCUT2D eigenvalue weighted by atomic mass is 9.84. The van der Waals surface area contributed by atoms with Gasteiger partial charge < -0.3 is 4.74 Å². The third kappa shape index (κ3) is 8.29. The molecule has 0 aliphatic heterocycles. The summed E-state index contributed by atoms with van der Waals surface area (Å²) in [5.41, 5.74) is 6.12. The van der Waals surface area contributed by atoms with Crippen LogP contribution in [0.1, 0.15) is 124 Å². The molecule has 0 N–H and O–H groups in total. The van der Waals surface area contributed by atoms with Crippen molar-refractivity contribution in [2.24, 2.45) is 0 Å². The summed E-state index contributed by atoms with van der Waals surface area (Å²) in [5, 5.41) is 0. The van der Waals surface area contributed by atoms with Gasteiger partial charge in [-0.15, -0.1) is 0 Å². The lowest BCUT2D eigenvalue weighted by Crippen LogP contribution is -2.04. The van der Waals surface area contributed by atoms with E-state index in [0.717, 1.165) is 25.0 Å². The normalized spacial score (nSPS) is 17.9. The molecule has 0 bridgehead atoms. The van der Waals surface area contributed by atoms with Crippen LogP contribution in [0.3, 0.4) is 0 Å². The van der Waals surface area contributed by atoms with Gasteiger partial charge in [0.1, 0.15) is 0 Å². The highest BCUT2D eigenvalue weighted by atomic mass is 16.5. The molecule has 0 saturated heterocycles. The zero-order chi connectivity index (χ0) is 22.6. The maximum atomic E-state index is 5.91. The molecule has 2 aliphatic carbocycles. The van der Waals surface area contributed by atoms with E-state index in [-0.39, 0.29) is 0 Å². The van der Waals surface area contributed by atoms with Gasteiger partial charge in [0.25, 0.3) is 0 Å². The van der Waals surface area contributed by atoms with Crippen molar-refractivity contribution in [3.05, 3.63) is 70.8 Å². The Bertz CT molecular complexity index is 696. The van der Waals surface area contributed by atoms with Crippen molar-refractivity contribution >= 4 is 0 Å². The fourth-order valence-corrected chi connectivity index (χ4v) is 5.95. The topological polar surface area (TPSA) is 9.23 Å². The number of unbranched alkanes of at least 4 members (excludes halogenated alkanes) is 2. The summed E-state index contributed by atoms with van der Waals surface area (Å²) in [6.07, 6.45) is 21.3. The van der Waals surface area contributed by atoms with Crippen LogP contribution < -0.4 is 0 Å². The van der Waals surface area contributed by atoms with E-state index in [4.69, 9.17) is 4.74 Å². The molecule has 0 spiro atoms. The fourth-order valence-electron chi connectivity index (χ4n) is 5.95. The van der Waals surface area contributed by atoms with Gasteiger partial charge in [-0.2, -0.15) is 0 Å². The summed E-state index contributed by atoms with van der Waals surface area (Å²) in [6.45, 7) is 1.83. The van der Waals surface area contributed by atoms with E-state index in [0.29, 0.717) is 0 Å². The van der Waals surface area contributed by atoms with Gasteiger partial charge in [-0.3, -0.25) is 0 Å². The van der Waals surface area contributed by atoms with Crippen LogP contribution in [0.25, 0.3) is 0 Å². The van der Waals surface area contributed by atoms with Gasteiger partial charge in [0.15, 0.2) is 0 Å². The van der Waals surface area contributed by atoms with Gasteiger partial charge in [-0.25, -0.2) is 0 Å². The summed E-state index contributed by atoms with van der Waals surface area (Å²) < 4.78 is 5.91. The Morgan fingerprint density at radius 3 is 1.27 bits per heavy atom. The van der Waals surface area contributed by atoms with Crippen LogP contribution in [0.5, 0.6) is 0 Å². The molecule has 0 amide bonds. The van der Waals surface area contributed by atoms with E-state index < -0.39 is 0 Å². The highest BCUT2D eigenvalue weighted by Crippen LogP contribution is 2.33. The molecule has 0 aromatic heterocycles. The van der Waals surface area contributed by atoms with Gasteiger partial charge in [0, 0.05) is 13.2 Å². The zero-order valence-corrected chi connectivity index (χ0v) is 20.9. The molecule has 0 atom stereocenters. The largest absolute Gasteiger partial charge is 0.381 e. The van der Waals surface area contributed by atoms with Crippen LogP contribution in [0.4, 0.5) is 0 Å². The Labute approximate surface area is 203 Å². The number of benzene rings is 2. The summed E-state index contributed by atoms with van der Waals surface area (Å²) in [7, 11) is 0. The van der Waals surface area contributed by atoms with E-state index in [9.17, 15) is 0 Å². The molecule has 2 fully saturated rings. The van der Waals surface area contributed by atoms with Crippen LogP contribution in [0.2, 0.25) is 0 Å². The van der Waals surface area contributed by atoms with E-state index in [1.54, 1.807) is 11.1 Å². The van der Waals surface area contributed by atoms with Crippen LogP contribution in [-0.2, 0) is 17.6 Å². The molecule has 2 aromatic rings. The fraction of sp³-hybridized carbons (Fsp3) is 0.625. The zero-order valence-electron chi connectivity index (χ0n) is 20.9. The molecule has 0 radical (unpaired) electrons. The monoisotopic (exact) mass is 446 g/mol. The van der Waals surface area contributed by atoms with E-state index >= 15 is 0 Å². The van der Waals surface area contributed by atoms with Crippen molar-refractivity contribution in [2.45, 2.75) is 115 Å². The van der Waals surface area contributed by atoms with Gasteiger partial charge in [0.2, 0.25) is 0 Å². The first-order valence-electron chi connectivity index (χ1n) is 14.1. The third-order valence-corrected chi connectivity index (χ3v) is 8.12.